The second-order valence-electron chi connectivity index (χ2n) is 7.78. The summed E-state index contributed by atoms with van der Waals surface area (Å²) in [6.45, 7) is 13.2. The summed E-state index contributed by atoms with van der Waals surface area (Å²) in [6, 6.07) is -0.532. The molecule has 0 atom stereocenters. The fourth-order valence-corrected chi connectivity index (χ4v) is 3.52. The quantitative estimate of drug-likeness (QED) is 0.775. The molecule has 7 nitrogen and oxygen atoms in total. The van der Waals surface area contributed by atoms with Crippen molar-refractivity contribution in [1.82, 2.24) is 25.1 Å². The van der Waals surface area contributed by atoms with Gasteiger partial charge in [0.15, 0.2) is 11.0 Å². The number of hydrogen-bond acceptors (Lipinski definition) is 4. The SMILES string of the molecule is CC(C)N1C(=O)C(=O)N(C(C)C)C1(NC(C)(C)C)c1nc(Cl)c(Cl)[nH]1. The fourth-order valence-electron chi connectivity index (χ4n) is 3.26. The van der Waals surface area contributed by atoms with Gasteiger partial charge >= 0.3 is 11.8 Å². The van der Waals surface area contributed by atoms with Crippen LogP contribution in [0, 0.1) is 0 Å². The average Bonchev–Trinajstić information content (AvgIpc) is 2.85. The minimum Gasteiger partial charge on any atom is -0.327 e. The van der Waals surface area contributed by atoms with E-state index in [0.29, 0.717) is 5.82 Å². The van der Waals surface area contributed by atoms with Crippen molar-refractivity contribution in [1.29, 1.82) is 0 Å². The molecule has 2 rings (SSSR count). The van der Waals surface area contributed by atoms with E-state index in [1.807, 2.05) is 48.5 Å². The van der Waals surface area contributed by atoms with Crippen LogP contribution in [0.1, 0.15) is 54.3 Å². The Bertz CT molecular complexity index is 648. The predicted molar refractivity (Wildman–Crippen MR) is 97.1 cm³/mol. The van der Waals surface area contributed by atoms with E-state index in [0.717, 1.165) is 0 Å². The number of rotatable bonds is 4. The van der Waals surface area contributed by atoms with Gasteiger partial charge in [0.2, 0.25) is 5.79 Å². The molecule has 0 aliphatic carbocycles. The Labute approximate surface area is 158 Å². The Balaban J connectivity index is 2.83. The van der Waals surface area contributed by atoms with Gasteiger partial charge < -0.3 is 4.98 Å². The van der Waals surface area contributed by atoms with Crippen LogP contribution in [0.4, 0.5) is 0 Å². The van der Waals surface area contributed by atoms with Crippen molar-refractivity contribution in [2.45, 2.75) is 71.9 Å². The van der Waals surface area contributed by atoms with Crippen LogP contribution in [-0.2, 0) is 15.4 Å². The molecular formula is C16H25Cl2N5O2. The molecule has 0 unspecified atom stereocenters. The number of amides is 2. The second kappa shape index (κ2) is 6.45. The van der Waals surface area contributed by atoms with Gasteiger partial charge in [0.05, 0.1) is 0 Å². The molecule has 1 aromatic heterocycles. The topological polar surface area (TPSA) is 81.3 Å². The Morgan fingerprint density at radius 2 is 1.48 bits per heavy atom. The minimum absolute atomic E-state index is 0.0889. The lowest BCUT2D eigenvalue weighted by molar-refractivity contribution is -0.144. The van der Waals surface area contributed by atoms with Crippen molar-refractivity contribution in [3.8, 4) is 0 Å². The summed E-state index contributed by atoms with van der Waals surface area (Å²) in [5.41, 5.74) is -0.447. The first-order chi connectivity index (χ1) is 11.3. The fraction of sp³-hybridized carbons (Fsp3) is 0.688. The minimum atomic E-state index is -1.31. The Kier molecular flexibility index (Phi) is 5.16. The first kappa shape index (κ1) is 20.0. The van der Waals surface area contributed by atoms with Crippen LogP contribution in [0.15, 0.2) is 0 Å². The van der Waals surface area contributed by atoms with Crippen molar-refractivity contribution >= 4 is 35.0 Å². The first-order valence-corrected chi connectivity index (χ1v) is 8.96. The molecule has 1 aliphatic heterocycles. The van der Waals surface area contributed by atoms with Gasteiger partial charge in [-0.3, -0.25) is 24.7 Å². The number of imidazole rings is 1. The summed E-state index contributed by atoms with van der Waals surface area (Å²) in [5.74, 6) is -2.20. The number of carbonyl (C=O) groups excluding carboxylic acids is 2. The van der Waals surface area contributed by atoms with E-state index >= 15 is 0 Å². The molecule has 1 aromatic rings. The molecule has 2 amide bonds. The van der Waals surface area contributed by atoms with Crippen LogP contribution in [0.5, 0.6) is 0 Å². The van der Waals surface area contributed by atoms with Crippen LogP contribution >= 0.6 is 23.2 Å². The molecule has 1 fully saturated rings. The van der Waals surface area contributed by atoms with E-state index in [1.54, 1.807) is 0 Å². The lowest BCUT2D eigenvalue weighted by Crippen LogP contribution is -2.68. The van der Waals surface area contributed by atoms with Gasteiger partial charge in [-0.1, -0.05) is 23.2 Å². The maximum Gasteiger partial charge on any atom is 0.315 e. The van der Waals surface area contributed by atoms with E-state index < -0.39 is 23.1 Å². The zero-order valence-corrected chi connectivity index (χ0v) is 17.1. The van der Waals surface area contributed by atoms with E-state index in [-0.39, 0.29) is 22.4 Å². The monoisotopic (exact) mass is 389 g/mol. The van der Waals surface area contributed by atoms with Crippen molar-refractivity contribution in [3.05, 3.63) is 16.1 Å². The summed E-state index contributed by atoms with van der Waals surface area (Å²) in [5, 5.41) is 3.66. The summed E-state index contributed by atoms with van der Waals surface area (Å²) in [7, 11) is 0. The Morgan fingerprint density at radius 3 is 1.76 bits per heavy atom. The van der Waals surface area contributed by atoms with Crippen LogP contribution in [0.3, 0.4) is 0 Å². The van der Waals surface area contributed by atoms with Gasteiger partial charge in [-0.2, -0.15) is 0 Å². The third-order valence-electron chi connectivity index (χ3n) is 3.85. The van der Waals surface area contributed by atoms with Crippen molar-refractivity contribution in [2.24, 2.45) is 0 Å². The normalized spacial score (nSPS) is 18.2. The van der Waals surface area contributed by atoms with Crippen molar-refractivity contribution in [3.63, 3.8) is 0 Å². The standard InChI is InChI=1S/C16H25Cl2N5O2/c1-8(2)22-12(24)13(25)23(9(3)4)16(22,21-15(5,6)7)14-19-10(17)11(18)20-14/h8-9,21H,1-7H3,(H,19,20). The number of hydrogen-bond donors (Lipinski definition) is 2. The second-order valence-corrected chi connectivity index (χ2v) is 8.51. The third kappa shape index (κ3) is 3.25. The van der Waals surface area contributed by atoms with Gasteiger partial charge in [-0.15, -0.1) is 0 Å². The molecule has 0 aromatic carbocycles. The highest BCUT2D eigenvalue weighted by Gasteiger charge is 2.62. The van der Waals surface area contributed by atoms with Crippen LogP contribution < -0.4 is 5.32 Å². The smallest absolute Gasteiger partial charge is 0.315 e. The van der Waals surface area contributed by atoms with Crippen molar-refractivity contribution < 1.29 is 9.59 Å². The molecule has 0 spiro atoms. The van der Waals surface area contributed by atoms with Crippen molar-refractivity contribution in [2.75, 3.05) is 0 Å². The van der Waals surface area contributed by atoms with E-state index in [1.165, 1.54) is 9.80 Å². The summed E-state index contributed by atoms with van der Waals surface area (Å²) < 4.78 is 0. The molecule has 0 bridgehead atoms. The zero-order valence-electron chi connectivity index (χ0n) is 15.6. The summed E-state index contributed by atoms with van der Waals surface area (Å²) in [4.78, 5) is 35.9. The van der Waals surface area contributed by atoms with E-state index in [2.05, 4.69) is 15.3 Å². The van der Waals surface area contributed by atoms with Gasteiger partial charge in [0.25, 0.3) is 0 Å². The Hall–Kier alpha value is -1.31. The number of H-pyrrole nitrogens is 1. The highest BCUT2D eigenvalue weighted by Crippen LogP contribution is 2.40. The van der Waals surface area contributed by atoms with Crippen LogP contribution in [0.2, 0.25) is 10.3 Å². The molecule has 2 heterocycles. The highest BCUT2D eigenvalue weighted by atomic mass is 35.5. The molecule has 1 saturated heterocycles. The molecule has 2 N–H and O–H groups in total. The zero-order chi connectivity index (χ0) is 19.3. The lowest BCUT2D eigenvalue weighted by atomic mass is 10.0. The number of halogens is 2. The highest BCUT2D eigenvalue weighted by molar-refractivity contribution is 6.40. The van der Waals surface area contributed by atoms with E-state index in [9.17, 15) is 9.59 Å². The van der Waals surface area contributed by atoms with Gasteiger partial charge in [0, 0.05) is 17.6 Å². The predicted octanol–water partition coefficient (Wildman–Crippen LogP) is 2.70. The molecule has 25 heavy (non-hydrogen) atoms. The largest absolute Gasteiger partial charge is 0.327 e. The van der Waals surface area contributed by atoms with Crippen LogP contribution in [-0.4, -0.2) is 49.2 Å². The molecule has 0 saturated carbocycles. The summed E-state index contributed by atoms with van der Waals surface area (Å²) in [6.07, 6.45) is 0. The molecular weight excluding hydrogens is 365 g/mol. The summed E-state index contributed by atoms with van der Waals surface area (Å²) >= 11 is 12.1. The maximum atomic E-state index is 12.8. The molecule has 1 aliphatic rings. The van der Waals surface area contributed by atoms with E-state index in [4.69, 9.17) is 23.2 Å². The molecule has 0 radical (unpaired) electrons. The Morgan fingerprint density at radius 1 is 1.04 bits per heavy atom. The van der Waals surface area contributed by atoms with Gasteiger partial charge in [0.1, 0.15) is 5.15 Å². The third-order valence-corrected chi connectivity index (χ3v) is 4.49. The maximum absolute atomic E-state index is 12.8. The number of nitrogens with one attached hydrogen (secondary N) is 2. The number of aromatic nitrogens is 2. The van der Waals surface area contributed by atoms with Crippen LogP contribution in [0.25, 0.3) is 0 Å². The van der Waals surface area contributed by atoms with Gasteiger partial charge in [-0.25, -0.2) is 4.98 Å². The van der Waals surface area contributed by atoms with Gasteiger partial charge in [-0.05, 0) is 48.5 Å². The average molecular weight is 390 g/mol. The number of aromatic amines is 1. The number of nitrogens with zero attached hydrogens (tertiary/aromatic N) is 3. The first-order valence-electron chi connectivity index (χ1n) is 8.20. The molecule has 140 valence electrons. The number of carbonyl (C=O) groups is 2. The molecule has 9 heteroatoms. The lowest BCUT2D eigenvalue weighted by Gasteiger charge is -2.48.